The Balaban J connectivity index is 1.65. The molecule has 3 rings (SSSR count). The minimum absolute atomic E-state index is 0.571. The van der Waals surface area contributed by atoms with E-state index in [1.54, 1.807) is 0 Å². The number of hydrogen-bond acceptors (Lipinski definition) is 5. The topological polar surface area (TPSA) is 40.5 Å². The summed E-state index contributed by atoms with van der Waals surface area (Å²) in [6, 6.07) is 16.4. The van der Waals surface area contributed by atoms with E-state index in [4.69, 9.17) is 23.2 Å². The van der Waals surface area contributed by atoms with Crippen LogP contribution in [0.1, 0.15) is 11.1 Å². The smallest absolute Gasteiger partial charge is 0.203 e. The van der Waals surface area contributed by atoms with Crippen LogP contribution in [0.2, 0.25) is 0 Å². The fourth-order valence-corrected chi connectivity index (χ4v) is 3.88. The lowest BCUT2D eigenvalue weighted by atomic mass is 10.1. The van der Waals surface area contributed by atoms with Gasteiger partial charge in [-0.3, -0.25) is 5.43 Å². The Bertz CT molecular complexity index is 906. The highest BCUT2D eigenvalue weighted by Crippen LogP contribution is 2.24. The first-order chi connectivity index (χ1) is 13.7. The Kier molecular flexibility index (Phi) is 7.71. The minimum Gasteiger partial charge on any atom is -0.369 e. The van der Waals surface area contributed by atoms with E-state index in [0.29, 0.717) is 11.8 Å². The standard InChI is InChI=1S/C21H22Cl2N4S/c1-16-13-19(27(11-9-22)12-10-23)8-7-18(16)14-24-26-21-25-20(15-28-21)17-5-3-2-4-6-17/h2-8,13-15H,9-12H2,1H3,(H,25,26). The van der Waals surface area contributed by atoms with Crippen LogP contribution in [0.15, 0.2) is 59.0 Å². The van der Waals surface area contributed by atoms with Gasteiger partial charge in [0.15, 0.2) is 0 Å². The van der Waals surface area contributed by atoms with Crippen LogP contribution >= 0.6 is 34.5 Å². The van der Waals surface area contributed by atoms with Crippen molar-refractivity contribution in [2.75, 3.05) is 35.2 Å². The van der Waals surface area contributed by atoms with E-state index in [1.807, 2.05) is 41.9 Å². The van der Waals surface area contributed by atoms with Crippen LogP contribution in [0.3, 0.4) is 0 Å². The fourth-order valence-electron chi connectivity index (χ4n) is 2.80. The van der Waals surface area contributed by atoms with Gasteiger partial charge in [-0.05, 0) is 30.2 Å². The molecule has 7 heteroatoms. The first-order valence-corrected chi connectivity index (χ1v) is 10.9. The van der Waals surface area contributed by atoms with Gasteiger partial charge in [0.25, 0.3) is 0 Å². The maximum Gasteiger partial charge on any atom is 0.203 e. The van der Waals surface area contributed by atoms with E-state index in [0.717, 1.165) is 46.3 Å². The van der Waals surface area contributed by atoms with Crippen molar-refractivity contribution in [1.82, 2.24) is 4.98 Å². The van der Waals surface area contributed by atoms with E-state index in [2.05, 4.69) is 45.5 Å². The van der Waals surface area contributed by atoms with Gasteiger partial charge in [-0.15, -0.1) is 34.5 Å². The third kappa shape index (κ3) is 5.47. The molecule has 1 heterocycles. The normalized spacial score (nSPS) is 11.1. The van der Waals surface area contributed by atoms with E-state index >= 15 is 0 Å². The summed E-state index contributed by atoms with van der Waals surface area (Å²) in [5.41, 5.74) is 8.38. The molecule has 0 saturated heterocycles. The van der Waals surface area contributed by atoms with Crippen LogP contribution < -0.4 is 10.3 Å². The van der Waals surface area contributed by atoms with Gasteiger partial charge < -0.3 is 4.90 Å². The molecule has 0 aliphatic heterocycles. The van der Waals surface area contributed by atoms with Gasteiger partial charge in [-0.1, -0.05) is 36.4 Å². The van der Waals surface area contributed by atoms with Crippen LogP contribution in [0, 0.1) is 6.92 Å². The second kappa shape index (κ2) is 10.5. The van der Waals surface area contributed by atoms with Crippen molar-refractivity contribution >= 4 is 51.6 Å². The van der Waals surface area contributed by atoms with Crippen LogP contribution in [-0.2, 0) is 0 Å². The molecule has 0 saturated carbocycles. The molecule has 0 fully saturated rings. The second-order valence-corrected chi connectivity index (χ2v) is 7.79. The Morgan fingerprint density at radius 3 is 2.54 bits per heavy atom. The molecule has 4 nitrogen and oxygen atoms in total. The molecule has 0 bridgehead atoms. The highest BCUT2D eigenvalue weighted by molar-refractivity contribution is 7.14. The molecule has 3 aromatic rings. The molecule has 2 aromatic carbocycles. The van der Waals surface area contributed by atoms with Crippen LogP contribution in [0.4, 0.5) is 10.8 Å². The Morgan fingerprint density at radius 2 is 1.86 bits per heavy atom. The molecule has 0 radical (unpaired) electrons. The largest absolute Gasteiger partial charge is 0.369 e. The SMILES string of the molecule is Cc1cc(N(CCCl)CCCl)ccc1C=NNc1nc(-c2ccccc2)cs1. The molecular formula is C21H22Cl2N4S. The van der Waals surface area contributed by atoms with Gasteiger partial charge in [0.2, 0.25) is 5.13 Å². The van der Waals surface area contributed by atoms with Gasteiger partial charge >= 0.3 is 0 Å². The third-order valence-corrected chi connectivity index (χ3v) is 5.35. The number of benzene rings is 2. The number of aromatic nitrogens is 1. The summed E-state index contributed by atoms with van der Waals surface area (Å²) in [7, 11) is 0. The second-order valence-electron chi connectivity index (χ2n) is 6.18. The molecule has 28 heavy (non-hydrogen) atoms. The number of alkyl halides is 2. The number of nitrogens with one attached hydrogen (secondary N) is 1. The first-order valence-electron chi connectivity index (χ1n) is 8.99. The summed E-state index contributed by atoms with van der Waals surface area (Å²) in [4.78, 5) is 6.76. The van der Waals surface area contributed by atoms with Gasteiger partial charge in [0, 0.05) is 41.5 Å². The Labute approximate surface area is 179 Å². The molecule has 1 N–H and O–H groups in total. The summed E-state index contributed by atoms with van der Waals surface area (Å²) in [5.74, 6) is 1.14. The number of hydrazone groups is 1. The molecule has 0 atom stereocenters. The van der Waals surface area contributed by atoms with Crippen LogP contribution in [-0.4, -0.2) is 36.0 Å². The Hall–Kier alpha value is -2.08. The average Bonchev–Trinajstić information content (AvgIpc) is 3.19. The van der Waals surface area contributed by atoms with Crippen molar-refractivity contribution in [3.63, 3.8) is 0 Å². The third-order valence-electron chi connectivity index (χ3n) is 4.26. The zero-order valence-electron chi connectivity index (χ0n) is 15.6. The number of rotatable bonds is 9. The molecular weight excluding hydrogens is 411 g/mol. The maximum atomic E-state index is 5.90. The summed E-state index contributed by atoms with van der Waals surface area (Å²) in [6.45, 7) is 3.62. The predicted octanol–water partition coefficient (Wildman–Crippen LogP) is 5.85. The lowest BCUT2D eigenvalue weighted by Gasteiger charge is -2.23. The van der Waals surface area contributed by atoms with Crippen molar-refractivity contribution in [2.24, 2.45) is 5.10 Å². The summed E-state index contributed by atoms with van der Waals surface area (Å²) in [6.07, 6.45) is 1.82. The van der Waals surface area contributed by atoms with Crippen molar-refractivity contribution in [2.45, 2.75) is 6.92 Å². The summed E-state index contributed by atoms with van der Waals surface area (Å²) >= 11 is 13.3. The van der Waals surface area contributed by atoms with Crippen LogP contribution in [0.25, 0.3) is 11.3 Å². The zero-order chi connectivity index (χ0) is 19.8. The zero-order valence-corrected chi connectivity index (χ0v) is 17.9. The highest BCUT2D eigenvalue weighted by atomic mass is 35.5. The molecule has 0 aliphatic rings. The number of hydrogen-bond donors (Lipinski definition) is 1. The fraction of sp³-hybridized carbons (Fsp3) is 0.238. The van der Waals surface area contributed by atoms with Gasteiger partial charge in [-0.2, -0.15) is 5.10 Å². The van der Waals surface area contributed by atoms with Gasteiger partial charge in [0.05, 0.1) is 11.9 Å². The van der Waals surface area contributed by atoms with Crippen molar-refractivity contribution in [3.05, 3.63) is 65.0 Å². The van der Waals surface area contributed by atoms with Crippen molar-refractivity contribution in [3.8, 4) is 11.3 Å². The van der Waals surface area contributed by atoms with Crippen LogP contribution in [0.5, 0.6) is 0 Å². The van der Waals surface area contributed by atoms with Gasteiger partial charge in [0.1, 0.15) is 0 Å². The molecule has 1 aromatic heterocycles. The molecule has 0 spiro atoms. The molecule has 0 unspecified atom stereocenters. The van der Waals surface area contributed by atoms with E-state index in [-0.39, 0.29) is 0 Å². The highest BCUT2D eigenvalue weighted by Gasteiger charge is 2.07. The Morgan fingerprint density at radius 1 is 1.11 bits per heavy atom. The van der Waals surface area contributed by atoms with Crippen molar-refractivity contribution in [1.29, 1.82) is 0 Å². The predicted molar refractivity (Wildman–Crippen MR) is 124 cm³/mol. The van der Waals surface area contributed by atoms with Gasteiger partial charge in [-0.25, -0.2) is 4.98 Å². The monoisotopic (exact) mass is 432 g/mol. The number of nitrogens with zero attached hydrogens (tertiary/aromatic N) is 3. The number of aryl methyl sites for hydroxylation is 1. The lowest BCUT2D eigenvalue weighted by Crippen LogP contribution is -2.27. The quantitative estimate of drug-likeness (QED) is 0.262. The summed E-state index contributed by atoms with van der Waals surface area (Å²) < 4.78 is 0. The first kappa shape index (κ1) is 20.6. The molecule has 146 valence electrons. The average molecular weight is 433 g/mol. The summed E-state index contributed by atoms with van der Waals surface area (Å²) in [5, 5.41) is 7.13. The van der Waals surface area contributed by atoms with E-state index in [9.17, 15) is 0 Å². The van der Waals surface area contributed by atoms with E-state index in [1.165, 1.54) is 11.3 Å². The lowest BCUT2D eigenvalue weighted by molar-refractivity contribution is 0.873. The molecule has 0 amide bonds. The minimum atomic E-state index is 0.571. The molecule has 0 aliphatic carbocycles. The van der Waals surface area contributed by atoms with Crippen molar-refractivity contribution < 1.29 is 0 Å². The number of halogens is 2. The maximum absolute atomic E-state index is 5.90. The number of anilines is 2. The van der Waals surface area contributed by atoms with E-state index < -0.39 is 0 Å². The number of thiazole rings is 1.